The maximum absolute atomic E-state index is 12.4. The summed E-state index contributed by atoms with van der Waals surface area (Å²) in [7, 11) is 0. The number of nitrogens with two attached hydrogens (primary N) is 1. The number of carbonyl (C=O) groups is 2. The second-order valence-corrected chi connectivity index (χ2v) is 5.01. The number of carbonyl (C=O) groups excluding carboxylic acids is 2. The maximum Gasteiger partial charge on any atom is 0.237 e. The van der Waals surface area contributed by atoms with Crippen LogP contribution in [0.1, 0.15) is 18.4 Å². The van der Waals surface area contributed by atoms with Crippen LogP contribution in [0.2, 0.25) is 0 Å². The topological polar surface area (TPSA) is 88.3 Å². The molecular formula is C14H20N4O2. The zero-order valence-electron chi connectivity index (χ0n) is 11.4. The molecule has 108 valence electrons. The number of hydrogen-bond donors (Lipinski definition) is 2. The third-order valence-corrected chi connectivity index (χ3v) is 3.47. The average Bonchev–Trinajstić information content (AvgIpc) is 2.46. The SMILES string of the molecule is NC(=O)CN(C(=O)Cc1cccnc1)C1CCNCC1. The van der Waals surface area contributed by atoms with Gasteiger partial charge in [0.1, 0.15) is 0 Å². The fourth-order valence-corrected chi connectivity index (χ4v) is 2.49. The Kier molecular flexibility index (Phi) is 5.06. The van der Waals surface area contributed by atoms with Crippen molar-refractivity contribution in [2.24, 2.45) is 5.73 Å². The molecule has 6 heteroatoms. The molecule has 2 heterocycles. The Bertz CT molecular complexity index is 458. The number of rotatable bonds is 5. The smallest absolute Gasteiger partial charge is 0.237 e. The van der Waals surface area contributed by atoms with Crippen LogP contribution in [0.4, 0.5) is 0 Å². The highest BCUT2D eigenvalue weighted by atomic mass is 16.2. The molecule has 2 rings (SSSR count). The molecular weight excluding hydrogens is 256 g/mol. The minimum Gasteiger partial charge on any atom is -0.368 e. The van der Waals surface area contributed by atoms with Gasteiger partial charge in [0, 0.05) is 18.4 Å². The van der Waals surface area contributed by atoms with Crippen LogP contribution < -0.4 is 11.1 Å². The van der Waals surface area contributed by atoms with Gasteiger partial charge in [-0.3, -0.25) is 14.6 Å². The molecule has 20 heavy (non-hydrogen) atoms. The van der Waals surface area contributed by atoms with Gasteiger partial charge in [-0.05, 0) is 37.6 Å². The van der Waals surface area contributed by atoms with Crippen molar-refractivity contribution in [3.63, 3.8) is 0 Å². The summed E-state index contributed by atoms with van der Waals surface area (Å²) < 4.78 is 0. The number of nitrogens with one attached hydrogen (secondary N) is 1. The monoisotopic (exact) mass is 276 g/mol. The number of primary amides is 1. The van der Waals surface area contributed by atoms with E-state index in [2.05, 4.69) is 10.3 Å². The molecule has 0 atom stereocenters. The van der Waals surface area contributed by atoms with Crippen molar-refractivity contribution in [1.29, 1.82) is 0 Å². The van der Waals surface area contributed by atoms with Gasteiger partial charge in [-0.1, -0.05) is 6.07 Å². The van der Waals surface area contributed by atoms with E-state index < -0.39 is 5.91 Å². The van der Waals surface area contributed by atoms with E-state index in [1.165, 1.54) is 0 Å². The highest BCUT2D eigenvalue weighted by Gasteiger charge is 2.26. The van der Waals surface area contributed by atoms with Gasteiger partial charge in [0.2, 0.25) is 11.8 Å². The lowest BCUT2D eigenvalue weighted by Gasteiger charge is -2.34. The molecule has 1 aliphatic heterocycles. The summed E-state index contributed by atoms with van der Waals surface area (Å²) in [5.41, 5.74) is 6.12. The molecule has 3 N–H and O–H groups in total. The Balaban J connectivity index is 2.05. The summed E-state index contributed by atoms with van der Waals surface area (Å²) in [6.45, 7) is 1.71. The van der Waals surface area contributed by atoms with Crippen molar-refractivity contribution in [2.75, 3.05) is 19.6 Å². The summed E-state index contributed by atoms with van der Waals surface area (Å²) in [6.07, 6.45) is 5.30. The minimum atomic E-state index is -0.469. The minimum absolute atomic E-state index is 0.0102. The Labute approximate surface area is 118 Å². The Morgan fingerprint density at radius 3 is 2.75 bits per heavy atom. The fraction of sp³-hybridized carbons (Fsp3) is 0.500. The summed E-state index contributed by atoms with van der Waals surface area (Å²) in [6, 6.07) is 3.74. The normalized spacial score (nSPS) is 15.8. The van der Waals surface area contributed by atoms with Gasteiger partial charge in [-0.2, -0.15) is 0 Å². The van der Waals surface area contributed by atoms with E-state index in [0.29, 0.717) is 0 Å². The number of pyridine rings is 1. The maximum atomic E-state index is 12.4. The van der Waals surface area contributed by atoms with Crippen LogP contribution in [-0.4, -0.2) is 47.4 Å². The summed E-state index contributed by atoms with van der Waals surface area (Å²) in [5, 5.41) is 3.25. The summed E-state index contributed by atoms with van der Waals surface area (Å²) in [5.74, 6) is -0.535. The van der Waals surface area contributed by atoms with Crippen molar-refractivity contribution in [3.8, 4) is 0 Å². The van der Waals surface area contributed by atoms with Crippen molar-refractivity contribution in [2.45, 2.75) is 25.3 Å². The van der Waals surface area contributed by atoms with Crippen molar-refractivity contribution < 1.29 is 9.59 Å². The molecule has 1 aromatic heterocycles. The summed E-state index contributed by atoms with van der Waals surface area (Å²) >= 11 is 0. The number of piperidine rings is 1. The van der Waals surface area contributed by atoms with Crippen molar-refractivity contribution in [1.82, 2.24) is 15.2 Å². The number of hydrogen-bond acceptors (Lipinski definition) is 4. The quantitative estimate of drug-likeness (QED) is 0.772. The van der Waals surface area contributed by atoms with Gasteiger partial charge in [0.05, 0.1) is 13.0 Å². The van der Waals surface area contributed by atoms with E-state index in [1.54, 1.807) is 23.4 Å². The van der Waals surface area contributed by atoms with Gasteiger partial charge in [-0.25, -0.2) is 0 Å². The van der Waals surface area contributed by atoms with Crippen LogP contribution in [0.5, 0.6) is 0 Å². The van der Waals surface area contributed by atoms with Gasteiger partial charge in [0.25, 0.3) is 0 Å². The lowest BCUT2D eigenvalue weighted by Crippen LogP contribution is -2.49. The number of amides is 2. The molecule has 0 saturated carbocycles. The first-order valence-corrected chi connectivity index (χ1v) is 6.84. The highest BCUT2D eigenvalue weighted by molar-refractivity contribution is 5.85. The summed E-state index contributed by atoms with van der Waals surface area (Å²) in [4.78, 5) is 29.2. The lowest BCUT2D eigenvalue weighted by atomic mass is 10.0. The van der Waals surface area contributed by atoms with Crippen LogP contribution in [0.3, 0.4) is 0 Å². The van der Waals surface area contributed by atoms with Gasteiger partial charge >= 0.3 is 0 Å². The Morgan fingerprint density at radius 2 is 2.15 bits per heavy atom. The van der Waals surface area contributed by atoms with Crippen molar-refractivity contribution in [3.05, 3.63) is 30.1 Å². The van der Waals surface area contributed by atoms with E-state index in [-0.39, 0.29) is 24.9 Å². The zero-order chi connectivity index (χ0) is 14.4. The average molecular weight is 276 g/mol. The largest absolute Gasteiger partial charge is 0.368 e. The third kappa shape index (κ3) is 4.03. The molecule has 0 spiro atoms. The predicted octanol–water partition coefficient (Wildman–Crippen LogP) is -0.310. The second kappa shape index (κ2) is 7.00. The Morgan fingerprint density at radius 1 is 1.40 bits per heavy atom. The molecule has 6 nitrogen and oxygen atoms in total. The van der Waals surface area contributed by atoms with Crippen LogP contribution in [0, 0.1) is 0 Å². The highest BCUT2D eigenvalue weighted by Crippen LogP contribution is 2.13. The second-order valence-electron chi connectivity index (χ2n) is 5.01. The van der Waals surface area contributed by atoms with E-state index in [4.69, 9.17) is 5.73 Å². The number of nitrogens with zero attached hydrogens (tertiary/aromatic N) is 2. The Hall–Kier alpha value is -1.95. The van der Waals surface area contributed by atoms with Crippen LogP contribution >= 0.6 is 0 Å². The molecule has 0 unspecified atom stereocenters. The molecule has 0 radical (unpaired) electrons. The molecule has 1 saturated heterocycles. The first kappa shape index (κ1) is 14.5. The van der Waals surface area contributed by atoms with Crippen molar-refractivity contribution >= 4 is 11.8 Å². The number of aromatic nitrogens is 1. The first-order chi connectivity index (χ1) is 9.66. The standard InChI is InChI=1S/C14H20N4O2/c15-13(19)10-18(12-3-6-16-7-4-12)14(20)8-11-2-1-5-17-9-11/h1-2,5,9,12,16H,3-4,6-8,10H2,(H2,15,19). The first-order valence-electron chi connectivity index (χ1n) is 6.84. The van der Waals surface area contributed by atoms with Crippen LogP contribution in [0.15, 0.2) is 24.5 Å². The van der Waals surface area contributed by atoms with Crippen LogP contribution in [0.25, 0.3) is 0 Å². The molecule has 0 aliphatic carbocycles. The molecule has 0 bridgehead atoms. The molecule has 2 amide bonds. The van der Waals surface area contributed by atoms with E-state index in [1.807, 2.05) is 6.07 Å². The molecule has 0 aromatic carbocycles. The van der Waals surface area contributed by atoms with E-state index in [0.717, 1.165) is 31.5 Å². The zero-order valence-corrected chi connectivity index (χ0v) is 11.4. The third-order valence-electron chi connectivity index (χ3n) is 3.47. The predicted molar refractivity (Wildman–Crippen MR) is 74.7 cm³/mol. The molecule has 1 aromatic rings. The fourth-order valence-electron chi connectivity index (χ4n) is 2.49. The van der Waals surface area contributed by atoms with E-state index >= 15 is 0 Å². The molecule has 1 fully saturated rings. The lowest BCUT2D eigenvalue weighted by molar-refractivity contribution is -0.137. The van der Waals surface area contributed by atoms with Gasteiger partial charge in [0.15, 0.2) is 0 Å². The van der Waals surface area contributed by atoms with Gasteiger partial charge in [-0.15, -0.1) is 0 Å². The molecule has 1 aliphatic rings. The van der Waals surface area contributed by atoms with Crippen LogP contribution in [-0.2, 0) is 16.0 Å². The van der Waals surface area contributed by atoms with Gasteiger partial charge < -0.3 is 16.0 Å². The van der Waals surface area contributed by atoms with E-state index in [9.17, 15) is 9.59 Å².